The Hall–Kier alpha value is -3.52. The molecule has 0 saturated carbocycles. The van der Waals surface area contributed by atoms with Crippen LogP contribution in [0, 0.1) is 14.0 Å². The molecule has 0 fully saturated rings. The number of carbonyl (C=O) groups excluding carboxylic acids is 1. The molecule has 3 aromatic rings. The summed E-state index contributed by atoms with van der Waals surface area (Å²) in [6, 6.07) is 18.5. The second kappa shape index (κ2) is 10.00. The van der Waals surface area contributed by atoms with Gasteiger partial charge < -0.3 is 10.4 Å². The van der Waals surface area contributed by atoms with E-state index in [4.69, 9.17) is 5.11 Å². The minimum absolute atomic E-state index is 0.0499. The topological polar surface area (TPSA) is 78.8 Å². The summed E-state index contributed by atoms with van der Waals surface area (Å²) in [6.07, 6.45) is 9.69. The number of anilines is 1. The normalized spacial score (nSPS) is 14.7. The number of aliphatic carboxylic acids is 1. The number of halogens is 1. The van der Waals surface area contributed by atoms with Gasteiger partial charge in [-0.3, -0.25) is 14.6 Å². The Bertz CT molecular complexity index is 1640. The number of fused-ring (bicyclic) bond motifs is 5. The van der Waals surface area contributed by atoms with E-state index in [9.17, 15) is 9.59 Å². The van der Waals surface area contributed by atoms with Crippen LogP contribution in [0.25, 0.3) is 12.2 Å². The van der Waals surface area contributed by atoms with E-state index >= 15 is 0 Å². The van der Waals surface area contributed by atoms with Gasteiger partial charge in [-0.1, -0.05) is 54.6 Å². The molecule has 0 bridgehead atoms. The standard InChI is InChI=1S/C18H13IO.C11H10N2O2/c19-18-3-1-2-13-14-7-5-11-4-6-12(20)10-17(11)15(14)8-9-16(13)18;14-11(15)5-9-7-12-6-8-3-1-2-4-10(8)13-9/h1-5,7,9H,6,8,10H2;1-4,6-7,13H,5H2,(H,14,15). The van der Waals surface area contributed by atoms with Crippen LogP contribution in [0.4, 0.5) is 5.69 Å². The summed E-state index contributed by atoms with van der Waals surface area (Å²) in [5.74, 6) is -0.539. The Morgan fingerprint density at radius 3 is 2.69 bits per heavy atom. The quantitative estimate of drug-likeness (QED) is 0.453. The third kappa shape index (κ3) is 4.98. The van der Waals surface area contributed by atoms with E-state index in [1.807, 2.05) is 24.3 Å². The monoisotopic (exact) mass is 574 g/mol. The number of hydrogen-bond donors (Lipinski definition) is 2. The Morgan fingerprint density at radius 1 is 0.971 bits per heavy atom. The van der Waals surface area contributed by atoms with Gasteiger partial charge in [0, 0.05) is 45.8 Å². The SMILES string of the molecule is O=C(O)CC1=CN=Cc2ccccc2N1.O=C1CC=c2ccc3c(c2C1)CC=c1c(I)cccc1=3. The highest BCUT2D eigenvalue weighted by Crippen LogP contribution is 2.19. The maximum Gasteiger partial charge on any atom is 0.309 e. The van der Waals surface area contributed by atoms with Crippen LogP contribution in [0.15, 0.2) is 71.5 Å². The van der Waals surface area contributed by atoms with E-state index in [2.05, 4.69) is 75.4 Å². The molecular formula is C29H23IN2O3. The molecule has 1 heterocycles. The molecule has 6 heteroatoms. The van der Waals surface area contributed by atoms with Crippen molar-refractivity contribution in [1.29, 1.82) is 0 Å². The number of benzene rings is 3. The van der Waals surface area contributed by atoms with Gasteiger partial charge in [0.1, 0.15) is 5.78 Å². The van der Waals surface area contributed by atoms with Crippen molar-refractivity contribution < 1.29 is 14.7 Å². The molecule has 0 aromatic heterocycles. The van der Waals surface area contributed by atoms with Crippen LogP contribution >= 0.6 is 22.6 Å². The summed E-state index contributed by atoms with van der Waals surface area (Å²) >= 11 is 2.40. The van der Waals surface area contributed by atoms with Crippen LogP contribution in [0.2, 0.25) is 0 Å². The molecule has 0 amide bonds. The molecular weight excluding hydrogens is 551 g/mol. The van der Waals surface area contributed by atoms with Crippen molar-refractivity contribution in [2.24, 2.45) is 4.99 Å². The zero-order valence-corrected chi connectivity index (χ0v) is 21.1. The lowest BCUT2D eigenvalue weighted by Gasteiger charge is -2.16. The first-order valence-corrected chi connectivity index (χ1v) is 12.5. The van der Waals surface area contributed by atoms with E-state index in [-0.39, 0.29) is 6.42 Å². The Morgan fingerprint density at radius 2 is 1.83 bits per heavy atom. The van der Waals surface area contributed by atoms with Gasteiger partial charge in [0.2, 0.25) is 0 Å². The summed E-state index contributed by atoms with van der Waals surface area (Å²) < 4.78 is 1.30. The molecule has 5 nitrogen and oxygen atoms in total. The Labute approximate surface area is 216 Å². The fourth-order valence-corrected chi connectivity index (χ4v) is 5.38. The zero-order chi connectivity index (χ0) is 24.4. The van der Waals surface area contributed by atoms with Gasteiger partial charge in [0.15, 0.2) is 0 Å². The lowest BCUT2D eigenvalue weighted by atomic mass is 9.88. The summed E-state index contributed by atoms with van der Waals surface area (Å²) in [7, 11) is 0. The van der Waals surface area contributed by atoms with Gasteiger partial charge in [0.05, 0.1) is 6.42 Å². The molecule has 0 spiro atoms. The summed E-state index contributed by atoms with van der Waals surface area (Å²) in [5, 5.41) is 16.9. The fraction of sp³-hybridized carbons (Fsp3) is 0.138. The van der Waals surface area contributed by atoms with Crippen molar-refractivity contribution in [2.75, 3.05) is 5.32 Å². The molecule has 3 aliphatic rings. The van der Waals surface area contributed by atoms with E-state index in [0.717, 1.165) is 17.7 Å². The molecule has 2 aliphatic carbocycles. The maximum atomic E-state index is 11.8. The predicted octanol–water partition coefficient (Wildman–Crippen LogP) is 4.06. The average molecular weight is 574 g/mol. The highest BCUT2D eigenvalue weighted by molar-refractivity contribution is 14.1. The fourth-order valence-electron chi connectivity index (χ4n) is 4.66. The minimum atomic E-state index is -0.872. The number of hydrogen-bond acceptors (Lipinski definition) is 4. The predicted molar refractivity (Wildman–Crippen MR) is 146 cm³/mol. The van der Waals surface area contributed by atoms with Crippen LogP contribution in [-0.4, -0.2) is 23.1 Å². The van der Waals surface area contributed by atoms with Crippen LogP contribution in [-0.2, 0) is 22.4 Å². The molecule has 1 aliphatic heterocycles. The smallest absolute Gasteiger partial charge is 0.309 e. The first-order valence-electron chi connectivity index (χ1n) is 11.4. The highest BCUT2D eigenvalue weighted by atomic mass is 127. The van der Waals surface area contributed by atoms with Crippen molar-refractivity contribution >= 4 is 58.4 Å². The number of aliphatic imine (C=N–C) groups is 1. The minimum Gasteiger partial charge on any atom is -0.481 e. The Kier molecular flexibility index (Phi) is 6.63. The lowest BCUT2D eigenvalue weighted by molar-refractivity contribution is -0.136. The molecule has 35 heavy (non-hydrogen) atoms. The summed E-state index contributed by atoms with van der Waals surface area (Å²) in [4.78, 5) is 26.4. The molecule has 0 saturated heterocycles. The number of carboxylic acid groups (broad SMARTS) is 1. The van der Waals surface area contributed by atoms with Crippen LogP contribution in [0.3, 0.4) is 0 Å². The molecule has 0 unspecified atom stereocenters. The number of carboxylic acids is 1. The highest BCUT2D eigenvalue weighted by Gasteiger charge is 2.15. The van der Waals surface area contributed by atoms with Crippen LogP contribution in [0.5, 0.6) is 0 Å². The summed E-state index contributed by atoms with van der Waals surface area (Å²) in [5.41, 5.74) is 5.02. The molecule has 0 atom stereocenters. The van der Waals surface area contributed by atoms with Crippen molar-refractivity contribution in [3.63, 3.8) is 0 Å². The Balaban J connectivity index is 0.000000152. The van der Waals surface area contributed by atoms with Crippen molar-refractivity contribution in [3.05, 3.63) is 108 Å². The number of Topliss-reactive ketones (excluding diaryl/α,β-unsaturated/α-hetero) is 1. The largest absolute Gasteiger partial charge is 0.481 e. The second-order valence-corrected chi connectivity index (χ2v) is 9.77. The third-order valence-electron chi connectivity index (χ3n) is 6.29. The number of para-hydroxylation sites is 1. The molecule has 174 valence electrons. The molecule has 2 N–H and O–H groups in total. The number of carbonyl (C=O) groups is 2. The van der Waals surface area contributed by atoms with Crippen LogP contribution in [0.1, 0.15) is 29.5 Å². The zero-order valence-electron chi connectivity index (χ0n) is 18.9. The first-order chi connectivity index (χ1) is 17.0. The van der Waals surface area contributed by atoms with Gasteiger partial charge in [-0.2, -0.15) is 0 Å². The number of ketones is 1. The van der Waals surface area contributed by atoms with E-state index in [1.165, 1.54) is 41.8 Å². The first kappa shape index (κ1) is 23.2. The van der Waals surface area contributed by atoms with E-state index < -0.39 is 5.97 Å². The number of nitrogens with zero attached hydrogens (tertiary/aromatic N) is 1. The molecule has 3 aromatic carbocycles. The van der Waals surface area contributed by atoms with Gasteiger partial charge >= 0.3 is 5.97 Å². The van der Waals surface area contributed by atoms with Crippen LogP contribution < -0.4 is 15.8 Å². The maximum absolute atomic E-state index is 11.8. The molecule has 6 rings (SSSR count). The van der Waals surface area contributed by atoms with Gasteiger partial charge in [-0.25, -0.2) is 0 Å². The second-order valence-electron chi connectivity index (χ2n) is 8.61. The summed E-state index contributed by atoms with van der Waals surface area (Å²) in [6.45, 7) is 0. The van der Waals surface area contributed by atoms with Gasteiger partial charge in [0.25, 0.3) is 0 Å². The number of rotatable bonds is 2. The average Bonchev–Trinajstić information content (AvgIpc) is 3.05. The van der Waals surface area contributed by atoms with E-state index in [1.54, 1.807) is 6.21 Å². The third-order valence-corrected chi connectivity index (χ3v) is 7.23. The van der Waals surface area contributed by atoms with Crippen molar-refractivity contribution in [2.45, 2.75) is 25.7 Å². The van der Waals surface area contributed by atoms with Crippen molar-refractivity contribution in [1.82, 2.24) is 0 Å². The number of nitrogens with one attached hydrogen (secondary N) is 1. The van der Waals surface area contributed by atoms with Crippen molar-refractivity contribution in [3.8, 4) is 0 Å². The lowest BCUT2D eigenvalue weighted by Crippen LogP contribution is -2.24. The van der Waals surface area contributed by atoms with Gasteiger partial charge in [-0.15, -0.1) is 0 Å². The molecule has 0 radical (unpaired) electrons. The van der Waals surface area contributed by atoms with E-state index in [0.29, 0.717) is 24.3 Å². The van der Waals surface area contributed by atoms with Gasteiger partial charge in [-0.05, 0) is 73.1 Å².